The first-order chi connectivity index (χ1) is 17.6. The number of likely N-dealkylation sites (tertiary alicyclic amines) is 1. The minimum absolute atomic E-state index is 0.186. The highest BCUT2D eigenvalue weighted by Crippen LogP contribution is 2.34. The molecule has 3 heterocycles. The molecule has 1 saturated heterocycles. The molecule has 3 aromatic carbocycles. The van der Waals surface area contributed by atoms with Gasteiger partial charge in [-0.3, -0.25) is 0 Å². The molecular weight excluding hydrogens is 453 g/mol. The second-order valence-electron chi connectivity index (χ2n) is 9.43. The first-order valence-electron chi connectivity index (χ1n) is 12.3. The van der Waals surface area contributed by atoms with Crippen molar-refractivity contribution in [2.45, 2.75) is 25.5 Å². The fraction of sp³-hybridized carbons (Fsp3) is 0.241. The molecule has 7 heteroatoms. The molecule has 2 aromatic heterocycles. The molecule has 6 rings (SSSR count). The van der Waals surface area contributed by atoms with Gasteiger partial charge >= 0.3 is 0 Å². The molecule has 0 radical (unpaired) electrons. The zero-order chi connectivity index (χ0) is 24.5. The molecular formula is C29H28FN5O. The van der Waals surface area contributed by atoms with E-state index in [9.17, 15) is 4.39 Å². The van der Waals surface area contributed by atoms with Gasteiger partial charge in [-0.1, -0.05) is 24.3 Å². The van der Waals surface area contributed by atoms with Crippen molar-refractivity contribution in [3.8, 4) is 5.75 Å². The van der Waals surface area contributed by atoms with Crippen LogP contribution in [0.2, 0.25) is 0 Å². The molecule has 0 unspecified atom stereocenters. The first-order valence-corrected chi connectivity index (χ1v) is 12.3. The van der Waals surface area contributed by atoms with E-state index in [4.69, 9.17) is 4.74 Å². The van der Waals surface area contributed by atoms with Crippen LogP contribution in [-0.2, 0) is 6.54 Å². The molecule has 1 fully saturated rings. The summed E-state index contributed by atoms with van der Waals surface area (Å²) >= 11 is 0. The summed E-state index contributed by atoms with van der Waals surface area (Å²) in [6, 6.07) is 21.1. The maximum Gasteiger partial charge on any atom is 0.145 e. The van der Waals surface area contributed by atoms with Gasteiger partial charge in [0.1, 0.15) is 29.8 Å². The first kappa shape index (κ1) is 22.5. The molecule has 0 amide bonds. The zero-order valence-electron chi connectivity index (χ0n) is 20.2. The Bertz CT molecular complexity index is 1520. The molecule has 0 spiro atoms. The van der Waals surface area contributed by atoms with Gasteiger partial charge in [-0.25, -0.2) is 14.4 Å². The SMILES string of the molecule is CN1CCC(Oc2cccc3ncnc(Nc4ccc5c(ccn5Cc5ccccc5F)c4)c23)CC1. The summed E-state index contributed by atoms with van der Waals surface area (Å²) in [6.07, 6.45) is 5.76. The van der Waals surface area contributed by atoms with Crippen molar-refractivity contribution in [3.63, 3.8) is 0 Å². The van der Waals surface area contributed by atoms with Gasteiger partial charge < -0.3 is 19.5 Å². The monoisotopic (exact) mass is 481 g/mol. The van der Waals surface area contributed by atoms with Crippen molar-refractivity contribution in [2.24, 2.45) is 0 Å². The van der Waals surface area contributed by atoms with Crippen LogP contribution >= 0.6 is 0 Å². The van der Waals surface area contributed by atoms with Crippen LogP contribution in [0.5, 0.6) is 5.75 Å². The van der Waals surface area contributed by atoms with Gasteiger partial charge in [-0.15, -0.1) is 0 Å². The van der Waals surface area contributed by atoms with Crippen LogP contribution in [0.3, 0.4) is 0 Å². The molecule has 0 bridgehead atoms. The van der Waals surface area contributed by atoms with Crippen molar-refractivity contribution in [1.29, 1.82) is 0 Å². The Morgan fingerprint density at radius 2 is 1.86 bits per heavy atom. The molecule has 1 aliphatic heterocycles. The van der Waals surface area contributed by atoms with Gasteiger partial charge in [0.15, 0.2) is 0 Å². The van der Waals surface area contributed by atoms with E-state index in [-0.39, 0.29) is 11.9 Å². The molecule has 1 aliphatic rings. The second kappa shape index (κ2) is 9.59. The van der Waals surface area contributed by atoms with Crippen LogP contribution in [-0.4, -0.2) is 45.7 Å². The molecule has 6 nitrogen and oxygen atoms in total. The van der Waals surface area contributed by atoms with Crippen molar-refractivity contribution in [1.82, 2.24) is 19.4 Å². The minimum Gasteiger partial charge on any atom is -0.489 e. The highest BCUT2D eigenvalue weighted by molar-refractivity contribution is 5.96. The molecule has 0 aliphatic carbocycles. The van der Waals surface area contributed by atoms with Gasteiger partial charge in [0.2, 0.25) is 0 Å². The van der Waals surface area contributed by atoms with Gasteiger partial charge in [0.05, 0.1) is 17.4 Å². The smallest absolute Gasteiger partial charge is 0.145 e. The maximum atomic E-state index is 14.2. The Labute approximate surface area is 209 Å². The summed E-state index contributed by atoms with van der Waals surface area (Å²) in [7, 11) is 2.15. The number of nitrogens with one attached hydrogen (secondary N) is 1. The van der Waals surface area contributed by atoms with Crippen LogP contribution < -0.4 is 10.1 Å². The van der Waals surface area contributed by atoms with Crippen molar-refractivity contribution < 1.29 is 9.13 Å². The van der Waals surface area contributed by atoms with Crippen LogP contribution in [0.4, 0.5) is 15.9 Å². The molecule has 1 N–H and O–H groups in total. The van der Waals surface area contributed by atoms with Crippen LogP contribution in [0.15, 0.2) is 79.3 Å². The fourth-order valence-corrected chi connectivity index (χ4v) is 4.92. The minimum atomic E-state index is -0.188. The lowest BCUT2D eigenvalue weighted by Gasteiger charge is -2.29. The number of benzene rings is 3. The standard InChI is InChI=1S/C29H28FN5O/c1-34-14-12-23(13-15-34)36-27-8-4-7-25-28(27)29(32-19-31-25)33-22-9-10-26-20(17-22)11-16-35(26)18-21-5-2-3-6-24(21)30/h2-11,16-17,19,23H,12-15,18H2,1H3,(H,31,32,33). The van der Waals surface area contributed by atoms with E-state index in [1.807, 2.05) is 48.7 Å². The maximum absolute atomic E-state index is 14.2. The summed E-state index contributed by atoms with van der Waals surface area (Å²) in [5, 5.41) is 5.44. The van der Waals surface area contributed by atoms with E-state index >= 15 is 0 Å². The summed E-state index contributed by atoms with van der Waals surface area (Å²) in [6.45, 7) is 2.55. The van der Waals surface area contributed by atoms with E-state index in [1.165, 1.54) is 6.07 Å². The Kier molecular flexibility index (Phi) is 5.99. The van der Waals surface area contributed by atoms with E-state index in [1.54, 1.807) is 12.4 Å². The van der Waals surface area contributed by atoms with E-state index in [2.05, 4.69) is 43.9 Å². The number of hydrogen-bond donors (Lipinski definition) is 1. The third kappa shape index (κ3) is 4.50. The van der Waals surface area contributed by atoms with E-state index < -0.39 is 0 Å². The average Bonchev–Trinajstić information content (AvgIpc) is 3.29. The van der Waals surface area contributed by atoms with Gasteiger partial charge in [-0.05, 0) is 62.4 Å². The lowest BCUT2D eigenvalue weighted by atomic mass is 10.1. The van der Waals surface area contributed by atoms with Crippen LogP contribution in [0.1, 0.15) is 18.4 Å². The lowest BCUT2D eigenvalue weighted by Crippen LogP contribution is -2.35. The average molecular weight is 482 g/mol. The predicted octanol–water partition coefficient (Wildman–Crippen LogP) is 5.99. The van der Waals surface area contributed by atoms with Crippen molar-refractivity contribution in [2.75, 3.05) is 25.5 Å². The predicted molar refractivity (Wildman–Crippen MR) is 141 cm³/mol. The Hall–Kier alpha value is -3.97. The topological polar surface area (TPSA) is 55.2 Å². The summed E-state index contributed by atoms with van der Waals surface area (Å²) in [5.74, 6) is 1.34. The zero-order valence-corrected chi connectivity index (χ0v) is 20.2. The summed E-state index contributed by atoms with van der Waals surface area (Å²) in [4.78, 5) is 11.4. The van der Waals surface area contributed by atoms with Gasteiger partial charge in [0.25, 0.3) is 0 Å². The molecule has 0 atom stereocenters. The fourth-order valence-electron chi connectivity index (χ4n) is 4.92. The molecule has 36 heavy (non-hydrogen) atoms. The number of ether oxygens (including phenoxy) is 1. The number of fused-ring (bicyclic) bond motifs is 2. The molecule has 182 valence electrons. The summed E-state index contributed by atoms with van der Waals surface area (Å²) in [5.41, 5.74) is 3.47. The Morgan fingerprint density at radius 1 is 1.00 bits per heavy atom. The van der Waals surface area contributed by atoms with Crippen molar-refractivity contribution >= 4 is 33.3 Å². The largest absolute Gasteiger partial charge is 0.489 e. The number of aromatic nitrogens is 3. The molecule has 0 saturated carbocycles. The third-order valence-electron chi connectivity index (χ3n) is 6.92. The third-order valence-corrected chi connectivity index (χ3v) is 6.92. The number of nitrogens with zero attached hydrogens (tertiary/aromatic N) is 4. The quantitative estimate of drug-likeness (QED) is 0.323. The number of piperidine rings is 1. The summed E-state index contributed by atoms with van der Waals surface area (Å²) < 4.78 is 22.7. The number of anilines is 2. The van der Waals surface area contributed by atoms with E-state index in [0.717, 1.165) is 59.2 Å². The van der Waals surface area contributed by atoms with Crippen LogP contribution in [0, 0.1) is 5.82 Å². The van der Waals surface area contributed by atoms with Gasteiger partial charge in [-0.2, -0.15) is 0 Å². The van der Waals surface area contributed by atoms with Crippen molar-refractivity contribution in [3.05, 3.63) is 90.6 Å². The van der Waals surface area contributed by atoms with Crippen LogP contribution in [0.25, 0.3) is 21.8 Å². The second-order valence-corrected chi connectivity index (χ2v) is 9.43. The number of rotatable bonds is 6. The Morgan fingerprint density at radius 3 is 2.72 bits per heavy atom. The number of halogens is 1. The Balaban J connectivity index is 1.28. The lowest BCUT2D eigenvalue weighted by molar-refractivity contribution is 0.116. The number of hydrogen-bond acceptors (Lipinski definition) is 5. The van der Waals surface area contributed by atoms with Gasteiger partial charge in [0, 0.05) is 41.4 Å². The normalized spacial score (nSPS) is 14.9. The highest BCUT2D eigenvalue weighted by atomic mass is 19.1. The highest BCUT2D eigenvalue weighted by Gasteiger charge is 2.20. The molecule has 5 aromatic rings. The van der Waals surface area contributed by atoms with E-state index in [0.29, 0.717) is 17.9 Å².